The molecule has 1 saturated heterocycles. The minimum absolute atomic E-state index is 0.0444. The first kappa shape index (κ1) is 24.8. The van der Waals surface area contributed by atoms with Crippen LogP contribution in [-0.4, -0.2) is 65.2 Å². The molecule has 2 aliphatic heterocycles. The summed E-state index contributed by atoms with van der Waals surface area (Å²) in [6.07, 6.45) is 1.78. The third kappa shape index (κ3) is 5.03. The van der Waals surface area contributed by atoms with Gasteiger partial charge in [-0.05, 0) is 62.2 Å². The fourth-order valence-electron chi connectivity index (χ4n) is 5.25. The number of rotatable bonds is 6. The number of hydrogen-bond donors (Lipinski definition) is 4. The number of nitrogens with zero attached hydrogens (tertiary/aromatic N) is 1. The zero-order valence-electron chi connectivity index (χ0n) is 21.3. The van der Waals surface area contributed by atoms with Crippen molar-refractivity contribution < 1.29 is 19.4 Å². The monoisotopic (exact) mass is 500 g/mol. The molecule has 3 aromatic rings. The zero-order chi connectivity index (χ0) is 26.1. The average Bonchev–Trinajstić information content (AvgIpc) is 3.40. The van der Waals surface area contributed by atoms with Crippen molar-refractivity contribution in [3.8, 4) is 16.9 Å². The molecule has 0 radical (unpaired) electrons. The molecule has 0 spiro atoms. The number of H-pyrrole nitrogens is 1. The number of benzene rings is 2. The van der Waals surface area contributed by atoms with Crippen LogP contribution in [0.5, 0.6) is 5.75 Å². The molecular formula is C29H32N4O4. The quantitative estimate of drug-likeness (QED) is 0.387. The van der Waals surface area contributed by atoms with Crippen LogP contribution >= 0.6 is 0 Å². The van der Waals surface area contributed by atoms with Gasteiger partial charge in [0.1, 0.15) is 12.4 Å². The van der Waals surface area contributed by atoms with Crippen LogP contribution in [0.1, 0.15) is 41.2 Å². The number of aromatic nitrogens is 1. The molecule has 2 amide bonds. The van der Waals surface area contributed by atoms with E-state index in [4.69, 9.17) is 9.84 Å². The number of carbonyl (C=O) groups excluding carboxylic acids is 2. The molecule has 1 aromatic heterocycles. The van der Waals surface area contributed by atoms with Gasteiger partial charge in [-0.1, -0.05) is 24.3 Å². The lowest BCUT2D eigenvalue weighted by Gasteiger charge is -2.36. The van der Waals surface area contributed by atoms with E-state index in [1.807, 2.05) is 60.4 Å². The van der Waals surface area contributed by atoms with Gasteiger partial charge in [0.15, 0.2) is 0 Å². The number of amides is 2. The predicted octanol–water partition coefficient (Wildman–Crippen LogP) is 3.68. The number of piperazine rings is 1. The number of nitrogens with one attached hydrogen (secondary N) is 3. The van der Waals surface area contributed by atoms with Crippen LogP contribution < -0.4 is 15.4 Å². The smallest absolute Gasteiger partial charge is 0.256 e. The minimum Gasteiger partial charge on any atom is -0.491 e. The fourth-order valence-corrected chi connectivity index (χ4v) is 5.25. The van der Waals surface area contributed by atoms with Crippen molar-refractivity contribution in [2.75, 3.05) is 31.6 Å². The van der Waals surface area contributed by atoms with Crippen LogP contribution in [0, 0.1) is 6.92 Å². The van der Waals surface area contributed by atoms with Gasteiger partial charge < -0.3 is 30.4 Å². The van der Waals surface area contributed by atoms with E-state index in [-0.39, 0.29) is 37.1 Å². The Kier molecular flexibility index (Phi) is 6.86. The molecular weight excluding hydrogens is 468 g/mol. The lowest BCUT2D eigenvalue weighted by atomic mass is 9.94. The average molecular weight is 501 g/mol. The summed E-state index contributed by atoms with van der Waals surface area (Å²) < 4.78 is 5.60. The first-order chi connectivity index (χ1) is 17.8. The predicted molar refractivity (Wildman–Crippen MR) is 144 cm³/mol. The summed E-state index contributed by atoms with van der Waals surface area (Å²) >= 11 is 0. The van der Waals surface area contributed by atoms with E-state index >= 15 is 0 Å². The number of aromatic amines is 1. The van der Waals surface area contributed by atoms with Crippen molar-refractivity contribution in [2.45, 2.75) is 32.9 Å². The van der Waals surface area contributed by atoms with Crippen LogP contribution in [0.25, 0.3) is 22.8 Å². The lowest BCUT2D eigenvalue weighted by molar-refractivity contribution is -0.110. The first-order valence-electron chi connectivity index (χ1n) is 12.6. The Balaban J connectivity index is 1.55. The Morgan fingerprint density at radius 2 is 1.89 bits per heavy atom. The highest BCUT2D eigenvalue weighted by molar-refractivity contribution is 6.36. The van der Waals surface area contributed by atoms with Crippen LogP contribution in [-0.2, 0) is 4.79 Å². The maximum Gasteiger partial charge on any atom is 0.256 e. The van der Waals surface area contributed by atoms with Crippen LogP contribution in [0.4, 0.5) is 5.69 Å². The second-order valence-electron chi connectivity index (χ2n) is 9.80. The molecule has 0 bridgehead atoms. The molecule has 5 rings (SSSR count). The van der Waals surface area contributed by atoms with Crippen molar-refractivity contribution in [3.63, 3.8) is 0 Å². The van der Waals surface area contributed by atoms with E-state index in [1.54, 1.807) is 6.08 Å². The van der Waals surface area contributed by atoms with Gasteiger partial charge in [0, 0.05) is 42.1 Å². The number of hydrogen-bond acceptors (Lipinski definition) is 5. The van der Waals surface area contributed by atoms with E-state index in [0.717, 1.165) is 28.1 Å². The number of aryl methyl sites for hydroxylation is 1. The number of aliphatic hydroxyl groups excluding tert-OH is 1. The van der Waals surface area contributed by atoms with E-state index < -0.39 is 0 Å². The van der Waals surface area contributed by atoms with Gasteiger partial charge in [-0.15, -0.1) is 0 Å². The summed E-state index contributed by atoms with van der Waals surface area (Å²) in [5.74, 6) is 0.376. The van der Waals surface area contributed by atoms with E-state index in [9.17, 15) is 9.59 Å². The topological polar surface area (TPSA) is 107 Å². The largest absolute Gasteiger partial charge is 0.491 e. The van der Waals surface area contributed by atoms with Gasteiger partial charge in [0.2, 0.25) is 0 Å². The molecule has 2 atom stereocenters. The molecule has 192 valence electrons. The second kappa shape index (κ2) is 10.2. The highest BCUT2D eigenvalue weighted by atomic mass is 16.5. The highest BCUT2D eigenvalue weighted by Crippen LogP contribution is 2.41. The number of aliphatic hydroxyl groups is 1. The van der Waals surface area contributed by atoms with Crippen molar-refractivity contribution >= 4 is 29.2 Å². The van der Waals surface area contributed by atoms with Gasteiger partial charge in [-0.2, -0.15) is 0 Å². The molecule has 0 saturated carbocycles. The summed E-state index contributed by atoms with van der Waals surface area (Å²) in [5.41, 5.74) is 5.78. The molecule has 8 heteroatoms. The Bertz CT molecular complexity index is 1370. The summed E-state index contributed by atoms with van der Waals surface area (Å²) in [5, 5.41) is 15.5. The van der Waals surface area contributed by atoms with E-state index in [1.165, 1.54) is 0 Å². The molecule has 1 fully saturated rings. The first-order valence-corrected chi connectivity index (χ1v) is 12.6. The van der Waals surface area contributed by atoms with Crippen molar-refractivity contribution in [2.24, 2.45) is 0 Å². The number of carbonyl (C=O) groups is 2. The van der Waals surface area contributed by atoms with E-state index in [2.05, 4.69) is 29.5 Å². The summed E-state index contributed by atoms with van der Waals surface area (Å²) in [7, 11) is 0. The fraction of sp³-hybridized carbons (Fsp3) is 0.310. The third-order valence-corrected chi connectivity index (χ3v) is 6.68. The lowest BCUT2D eigenvalue weighted by Crippen LogP contribution is -2.55. The van der Waals surface area contributed by atoms with Crippen LogP contribution in [0.3, 0.4) is 0 Å². The normalized spacial score (nSPS) is 20.2. The number of fused-ring (bicyclic) bond motifs is 1. The minimum atomic E-state index is -0.217. The number of ether oxygens (including phenoxy) is 1. The summed E-state index contributed by atoms with van der Waals surface area (Å²) in [6, 6.07) is 15.6. The standard InChI is InChI=1S/C29H32N4O4/c1-17-12-23(29(36)33-15-18(2)30-19(3)16-33)26(31-17)14-24-27-22(8-5-9-25(27)32-28(24)35)20-6-4-7-21(13-20)37-11-10-34/h4-9,12-14,18-19,30-31,34H,10-11,15-16H2,1-3H3,(H,32,35)/t18-,19+. The van der Waals surface area contributed by atoms with Gasteiger partial charge in [-0.3, -0.25) is 9.59 Å². The van der Waals surface area contributed by atoms with Crippen LogP contribution in [0.2, 0.25) is 0 Å². The maximum absolute atomic E-state index is 13.6. The van der Waals surface area contributed by atoms with Crippen molar-refractivity contribution in [3.05, 3.63) is 71.0 Å². The molecule has 37 heavy (non-hydrogen) atoms. The zero-order valence-corrected chi connectivity index (χ0v) is 21.3. The van der Waals surface area contributed by atoms with Crippen molar-refractivity contribution in [1.29, 1.82) is 0 Å². The van der Waals surface area contributed by atoms with Gasteiger partial charge >= 0.3 is 0 Å². The molecule has 0 aliphatic carbocycles. The van der Waals surface area contributed by atoms with Gasteiger partial charge in [-0.25, -0.2) is 0 Å². The molecule has 2 aromatic carbocycles. The molecule has 3 heterocycles. The molecule has 4 N–H and O–H groups in total. The SMILES string of the molecule is Cc1cc(C(=O)N2C[C@@H](C)N[C@@H](C)C2)c(C=C2C(=O)Nc3cccc(-c4cccc(OCCO)c4)c32)[nH]1. The third-order valence-electron chi connectivity index (χ3n) is 6.68. The summed E-state index contributed by atoms with van der Waals surface area (Å²) in [6.45, 7) is 7.46. The van der Waals surface area contributed by atoms with Gasteiger partial charge in [0.25, 0.3) is 11.8 Å². The van der Waals surface area contributed by atoms with Crippen LogP contribution in [0.15, 0.2) is 48.5 Å². The Morgan fingerprint density at radius 3 is 2.65 bits per heavy atom. The van der Waals surface area contributed by atoms with Gasteiger partial charge in [0.05, 0.1) is 23.4 Å². The summed E-state index contributed by atoms with van der Waals surface area (Å²) in [4.78, 5) is 31.9. The second-order valence-corrected chi connectivity index (χ2v) is 9.80. The maximum atomic E-state index is 13.6. The molecule has 2 aliphatic rings. The molecule has 0 unspecified atom stereocenters. The highest BCUT2D eigenvalue weighted by Gasteiger charge is 2.30. The molecule has 8 nitrogen and oxygen atoms in total. The number of anilines is 1. The van der Waals surface area contributed by atoms with Crippen molar-refractivity contribution in [1.82, 2.24) is 15.2 Å². The Morgan fingerprint density at radius 1 is 1.14 bits per heavy atom. The Hall–Kier alpha value is -3.88. The van der Waals surface area contributed by atoms with E-state index in [0.29, 0.717) is 35.7 Å². The Labute approximate surface area is 216 Å².